The van der Waals surface area contributed by atoms with Crippen molar-refractivity contribution in [3.8, 4) is 11.3 Å². The molecule has 3 aromatic rings. The fraction of sp³-hybridized carbons (Fsp3) is 0.176. The van der Waals surface area contributed by atoms with Crippen molar-refractivity contribution in [3.63, 3.8) is 0 Å². The molecule has 1 aromatic carbocycles. The molecule has 0 saturated carbocycles. The van der Waals surface area contributed by atoms with Gasteiger partial charge in [0, 0.05) is 16.2 Å². The fourth-order valence-electron chi connectivity index (χ4n) is 2.66. The molecule has 0 amide bonds. The molecule has 0 aliphatic carbocycles. The Morgan fingerprint density at radius 3 is 2.78 bits per heavy atom. The third-order valence-electron chi connectivity index (χ3n) is 3.80. The third-order valence-corrected chi connectivity index (χ3v) is 4.29. The van der Waals surface area contributed by atoms with Gasteiger partial charge >= 0.3 is 0 Å². The van der Waals surface area contributed by atoms with Gasteiger partial charge in [0.15, 0.2) is 5.84 Å². The molecule has 0 saturated heterocycles. The summed E-state index contributed by atoms with van der Waals surface area (Å²) < 4.78 is 2.87. The number of aromatic nitrogens is 2. The minimum absolute atomic E-state index is 0.576. The molecule has 0 bridgehead atoms. The van der Waals surface area contributed by atoms with Crippen LogP contribution in [-0.4, -0.2) is 28.6 Å². The van der Waals surface area contributed by atoms with Gasteiger partial charge in [-0.1, -0.05) is 50.9 Å². The van der Waals surface area contributed by atoms with Gasteiger partial charge in [-0.3, -0.25) is 0 Å². The van der Waals surface area contributed by atoms with Crippen molar-refractivity contribution in [2.75, 3.05) is 13.2 Å². The van der Waals surface area contributed by atoms with Crippen LogP contribution in [-0.2, 0) is 4.84 Å². The number of nitrogens with zero attached hydrogens (tertiary/aromatic N) is 3. The quantitative estimate of drug-likeness (QED) is 0.752. The molecular formula is C17H15BrN4O. The van der Waals surface area contributed by atoms with Gasteiger partial charge in [0.2, 0.25) is 0 Å². The average molecular weight is 371 g/mol. The second-order valence-electron chi connectivity index (χ2n) is 5.46. The first kappa shape index (κ1) is 14.3. The lowest BCUT2D eigenvalue weighted by Gasteiger charge is -2.14. The highest BCUT2D eigenvalue weighted by Crippen LogP contribution is 2.28. The van der Waals surface area contributed by atoms with E-state index in [9.17, 15) is 0 Å². The van der Waals surface area contributed by atoms with Crippen LogP contribution in [0.1, 0.15) is 11.1 Å². The largest absolute Gasteiger partial charge is 0.392 e. The lowest BCUT2D eigenvalue weighted by Crippen LogP contribution is -2.32. The van der Waals surface area contributed by atoms with Crippen LogP contribution in [0.15, 0.2) is 52.2 Å². The maximum atomic E-state index is 5.27. The van der Waals surface area contributed by atoms with Crippen molar-refractivity contribution in [3.05, 3.63) is 58.2 Å². The summed E-state index contributed by atoms with van der Waals surface area (Å²) in [6.45, 7) is 3.38. The highest BCUT2D eigenvalue weighted by molar-refractivity contribution is 9.10. The van der Waals surface area contributed by atoms with E-state index in [4.69, 9.17) is 9.94 Å². The number of benzene rings is 1. The van der Waals surface area contributed by atoms with Crippen LogP contribution < -0.4 is 5.32 Å². The first-order chi connectivity index (χ1) is 11.2. The highest BCUT2D eigenvalue weighted by atomic mass is 79.9. The Labute approximate surface area is 142 Å². The number of oxime groups is 1. The van der Waals surface area contributed by atoms with E-state index in [2.05, 4.69) is 57.6 Å². The van der Waals surface area contributed by atoms with Crippen LogP contribution in [0.4, 0.5) is 0 Å². The molecule has 23 heavy (non-hydrogen) atoms. The molecule has 0 spiro atoms. The molecule has 6 heteroatoms. The lowest BCUT2D eigenvalue weighted by molar-refractivity contribution is 0.137. The van der Waals surface area contributed by atoms with E-state index in [0.717, 1.165) is 39.2 Å². The van der Waals surface area contributed by atoms with E-state index in [1.54, 1.807) is 0 Å². The first-order valence-corrected chi connectivity index (χ1v) is 8.21. The summed E-state index contributed by atoms with van der Waals surface area (Å²) in [4.78, 5) is 5.27. The summed E-state index contributed by atoms with van der Waals surface area (Å²) in [5.41, 5.74) is 5.10. The van der Waals surface area contributed by atoms with Crippen LogP contribution in [0.5, 0.6) is 0 Å². The monoisotopic (exact) mass is 370 g/mol. The molecule has 0 atom stereocenters. The Morgan fingerprint density at radius 1 is 1.22 bits per heavy atom. The van der Waals surface area contributed by atoms with Crippen molar-refractivity contribution < 1.29 is 4.84 Å². The SMILES string of the molecule is Cc1ccc(-c2nn3ccc(Br)cc3c2C2=NOCCN2)cc1. The van der Waals surface area contributed by atoms with Gasteiger partial charge in [-0.25, -0.2) is 4.52 Å². The Morgan fingerprint density at radius 2 is 2.04 bits per heavy atom. The normalized spacial score (nSPS) is 14.3. The van der Waals surface area contributed by atoms with Gasteiger partial charge in [0.05, 0.1) is 17.6 Å². The van der Waals surface area contributed by atoms with E-state index < -0.39 is 0 Å². The van der Waals surface area contributed by atoms with Crippen LogP contribution >= 0.6 is 15.9 Å². The second kappa shape index (κ2) is 5.70. The van der Waals surface area contributed by atoms with Crippen molar-refractivity contribution in [2.45, 2.75) is 6.92 Å². The Balaban J connectivity index is 1.99. The summed E-state index contributed by atoms with van der Waals surface area (Å²) in [6.07, 6.45) is 1.94. The Bertz CT molecular complexity index is 899. The number of hydrogen-bond acceptors (Lipinski definition) is 4. The Hall–Kier alpha value is -2.34. The van der Waals surface area contributed by atoms with E-state index >= 15 is 0 Å². The van der Waals surface area contributed by atoms with Gasteiger partial charge < -0.3 is 10.2 Å². The summed E-state index contributed by atoms with van der Waals surface area (Å²) in [5, 5.41) is 12.3. The van der Waals surface area contributed by atoms with Crippen LogP contribution in [0.25, 0.3) is 16.8 Å². The summed E-state index contributed by atoms with van der Waals surface area (Å²) in [6, 6.07) is 12.4. The minimum Gasteiger partial charge on any atom is -0.392 e. The number of halogens is 1. The minimum atomic E-state index is 0.576. The number of aryl methyl sites for hydroxylation is 1. The molecule has 4 rings (SSSR count). The standard InChI is InChI=1S/C17H15BrN4O/c1-11-2-4-12(5-3-11)16-15(17-19-7-9-23-21-17)14-10-13(18)6-8-22(14)20-16/h2-6,8,10H,7,9H2,1H3,(H,19,21). The van der Waals surface area contributed by atoms with Gasteiger partial charge in [0.1, 0.15) is 12.3 Å². The molecule has 3 heterocycles. The fourth-order valence-corrected chi connectivity index (χ4v) is 2.99. The third kappa shape index (κ3) is 2.59. The molecule has 1 N–H and O–H groups in total. The summed E-state index contributed by atoms with van der Waals surface area (Å²) in [5.74, 6) is 0.722. The number of fused-ring (bicyclic) bond motifs is 1. The van der Waals surface area contributed by atoms with Crippen molar-refractivity contribution >= 4 is 27.3 Å². The molecule has 0 unspecified atom stereocenters. The van der Waals surface area contributed by atoms with E-state index in [1.165, 1.54) is 5.56 Å². The van der Waals surface area contributed by atoms with E-state index in [1.807, 2.05) is 22.8 Å². The number of hydrogen-bond donors (Lipinski definition) is 1. The van der Waals surface area contributed by atoms with Gasteiger partial charge in [-0.15, -0.1) is 0 Å². The second-order valence-corrected chi connectivity index (χ2v) is 6.38. The van der Waals surface area contributed by atoms with Gasteiger partial charge in [-0.05, 0) is 19.1 Å². The predicted octanol–water partition coefficient (Wildman–Crippen LogP) is 3.35. The smallest absolute Gasteiger partial charge is 0.177 e. The molecule has 2 aromatic heterocycles. The summed E-state index contributed by atoms with van der Waals surface area (Å²) >= 11 is 3.53. The zero-order chi connectivity index (χ0) is 15.8. The topological polar surface area (TPSA) is 50.9 Å². The van der Waals surface area contributed by atoms with Crippen molar-refractivity contribution in [1.82, 2.24) is 14.9 Å². The molecular weight excluding hydrogens is 356 g/mol. The van der Waals surface area contributed by atoms with Crippen molar-refractivity contribution in [1.29, 1.82) is 0 Å². The maximum absolute atomic E-state index is 5.27. The van der Waals surface area contributed by atoms with E-state index in [0.29, 0.717) is 6.61 Å². The molecule has 116 valence electrons. The Kier molecular flexibility index (Phi) is 3.53. The van der Waals surface area contributed by atoms with E-state index in [-0.39, 0.29) is 0 Å². The number of pyridine rings is 1. The van der Waals surface area contributed by atoms with Gasteiger partial charge in [-0.2, -0.15) is 5.10 Å². The molecule has 5 nitrogen and oxygen atoms in total. The van der Waals surface area contributed by atoms with Gasteiger partial charge in [0.25, 0.3) is 0 Å². The van der Waals surface area contributed by atoms with Crippen LogP contribution in [0, 0.1) is 6.92 Å². The number of amidine groups is 1. The lowest BCUT2D eigenvalue weighted by atomic mass is 10.0. The zero-order valence-corrected chi connectivity index (χ0v) is 14.2. The van der Waals surface area contributed by atoms with Crippen molar-refractivity contribution in [2.24, 2.45) is 5.16 Å². The predicted molar refractivity (Wildman–Crippen MR) is 93.6 cm³/mol. The maximum Gasteiger partial charge on any atom is 0.177 e. The molecule has 0 fully saturated rings. The summed E-state index contributed by atoms with van der Waals surface area (Å²) in [7, 11) is 0. The number of nitrogens with one attached hydrogen (secondary N) is 1. The molecule has 1 aliphatic heterocycles. The first-order valence-electron chi connectivity index (χ1n) is 7.41. The molecule has 0 radical (unpaired) electrons. The van der Waals surface area contributed by atoms with Crippen LogP contribution in [0.2, 0.25) is 0 Å². The molecule has 1 aliphatic rings. The average Bonchev–Trinajstić information content (AvgIpc) is 2.95. The van der Waals surface area contributed by atoms with Crippen LogP contribution in [0.3, 0.4) is 0 Å². The zero-order valence-electron chi connectivity index (χ0n) is 12.6. The number of rotatable bonds is 2. The highest BCUT2D eigenvalue weighted by Gasteiger charge is 2.21.